The normalized spacial score (nSPS) is 13.8. The highest BCUT2D eigenvalue weighted by Gasteiger charge is 2.16. The molecule has 2 aromatic carbocycles. The quantitative estimate of drug-likeness (QED) is 0.882. The summed E-state index contributed by atoms with van der Waals surface area (Å²) in [5.74, 6) is -0.826. The number of hydrogen-bond acceptors (Lipinski definition) is 2. The molecule has 2 aromatic rings. The number of ether oxygens (including phenoxy) is 1. The molecule has 0 aromatic heterocycles. The van der Waals surface area contributed by atoms with Gasteiger partial charge in [-0.1, -0.05) is 24.3 Å². The van der Waals surface area contributed by atoms with Crippen LogP contribution in [0.2, 0.25) is 0 Å². The van der Waals surface area contributed by atoms with Gasteiger partial charge in [0.15, 0.2) is 11.6 Å². The summed E-state index contributed by atoms with van der Waals surface area (Å²) >= 11 is 0. The molecule has 21 heavy (non-hydrogen) atoms. The Balaban J connectivity index is 2.10. The molecule has 0 aliphatic carbocycles. The van der Waals surface area contributed by atoms with E-state index in [9.17, 15) is 8.78 Å². The number of hydrogen-bond donors (Lipinski definition) is 1. The Hall–Kier alpha value is -1.94. The van der Waals surface area contributed by atoms with Gasteiger partial charge < -0.3 is 10.1 Å². The van der Waals surface area contributed by atoms with Crippen LogP contribution in [0.5, 0.6) is 5.75 Å². The SMILES string of the molecule is COc1ccc([C@@H](C)NC(C)c2cccc(F)c2F)cc1. The number of rotatable bonds is 5. The molecule has 0 saturated heterocycles. The zero-order valence-corrected chi connectivity index (χ0v) is 12.4. The highest BCUT2D eigenvalue weighted by Crippen LogP contribution is 2.23. The maximum atomic E-state index is 13.8. The largest absolute Gasteiger partial charge is 0.497 e. The van der Waals surface area contributed by atoms with Gasteiger partial charge >= 0.3 is 0 Å². The Kier molecular flexibility index (Phi) is 4.91. The zero-order valence-electron chi connectivity index (χ0n) is 12.4. The van der Waals surface area contributed by atoms with Gasteiger partial charge in [0.25, 0.3) is 0 Å². The van der Waals surface area contributed by atoms with Crippen LogP contribution in [0.1, 0.15) is 37.1 Å². The molecule has 0 aliphatic heterocycles. The van der Waals surface area contributed by atoms with Gasteiger partial charge in [-0.15, -0.1) is 0 Å². The lowest BCUT2D eigenvalue weighted by Crippen LogP contribution is -2.23. The summed E-state index contributed by atoms with van der Waals surface area (Å²) < 4.78 is 32.2. The summed E-state index contributed by atoms with van der Waals surface area (Å²) in [7, 11) is 1.62. The van der Waals surface area contributed by atoms with Gasteiger partial charge in [-0.25, -0.2) is 8.78 Å². The summed E-state index contributed by atoms with van der Waals surface area (Å²) in [5.41, 5.74) is 1.38. The molecule has 112 valence electrons. The van der Waals surface area contributed by atoms with Crippen molar-refractivity contribution in [2.24, 2.45) is 0 Å². The molecule has 0 saturated carbocycles. The molecule has 0 aliphatic rings. The lowest BCUT2D eigenvalue weighted by Gasteiger charge is -2.21. The Morgan fingerprint density at radius 3 is 2.24 bits per heavy atom. The van der Waals surface area contributed by atoms with E-state index in [1.54, 1.807) is 13.2 Å². The molecule has 2 rings (SSSR count). The van der Waals surface area contributed by atoms with E-state index in [4.69, 9.17) is 4.74 Å². The van der Waals surface area contributed by atoms with Gasteiger partial charge in [0.2, 0.25) is 0 Å². The van der Waals surface area contributed by atoms with Crippen LogP contribution in [0.25, 0.3) is 0 Å². The van der Waals surface area contributed by atoms with Crippen LogP contribution < -0.4 is 10.1 Å². The first-order valence-corrected chi connectivity index (χ1v) is 6.87. The minimum absolute atomic E-state index is 0.00794. The van der Waals surface area contributed by atoms with Crippen LogP contribution in [-0.2, 0) is 0 Å². The van der Waals surface area contributed by atoms with E-state index in [2.05, 4.69) is 5.32 Å². The molecule has 0 bridgehead atoms. The summed E-state index contributed by atoms with van der Waals surface area (Å²) in [6, 6.07) is 11.6. The van der Waals surface area contributed by atoms with E-state index in [-0.39, 0.29) is 12.1 Å². The van der Waals surface area contributed by atoms with Crippen LogP contribution >= 0.6 is 0 Å². The van der Waals surface area contributed by atoms with E-state index in [1.807, 2.05) is 38.1 Å². The summed E-state index contributed by atoms with van der Waals surface area (Å²) in [6.45, 7) is 3.80. The maximum Gasteiger partial charge on any atom is 0.163 e. The average Bonchev–Trinajstić information content (AvgIpc) is 2.50. The number of benzene rings is 2. The molecular weight excluding hydrogens is 272 g/mol. The van der Waals surface area contributed by atoms with E-state index in [0.717, 1.165) is 17.4 Å². The van der Waals surface area contributed by atoms with Crippen LogP contribution in [0, 0.1) is 11.6 Å². The van der Waals surface area contributed by atoms with Crippen molar-refractivity contribution >= 4 is 0 Å². The minimum Gasteiger partial charge on any atom is -0.497 e. The van der Waals surface area contributed by atoms with Crippen molar-refractivity contribution in [1.82, 2.24) is 5.32 Å². The average molecular weight is 291 g/mol. The third-order valence-corrected chi connectivity index (χ3v) is 3.56. The molecule has 1 unspecified atom stereocenters. The van der Waals surface area contributed by atoms with Crippen molar-refractivity contribution in [1.29, 1.82) is 0 Å². The number of nitrogens with one attached hydrogen (secondary N) is 1. The molecule has 2 atom stereocenters. The molecule has 1 N–H and O–H groups in total. The van der Waals surface area contributed by atoms with Crippen LogP contribution in [0.3, 0.4) is 0 Å². The molecule has 0 heterocycles. The van der Waals surface area contributed by atoms with Crippen molar-refractivity contribution in [2.75, 3.05) is 7.11 Å². The predicted octanol–water partition coefficient (Wildman–Crippen LogP) is 4.39. The second-order valence-corrected chi connectivity index (χ2v) is 5.03. The van der Waals surface area contributed by atoms with Crippen LogP contribution in [-0.4, -0.2) is 7.11 Å². The molecule has 0 fully saturated rings. The second-order valence-electron chi connectivity index (χ2n) is 5.03. The first-order valence-electron chi connectivity index (χ1n) is 6.87. The van der Waals surface area contributed by atoms with Crippen LogP contribution in [0.4, 0.5) is 8.78 Å². The smallest absolute Gasteiger partial charge is 0.163 e. The van der Waals surface area contributed by atoms with Crippen molar-refractivity contribution < 1.29 is 13.5 Å². The van der Waals surface area contributed by atoms with Gasteiger partial charge in [0, 0.05) is 17.6 Å². The second kappa shape index (κ2) is 6.68. The third kappa shape index (κ3) is 3.58. The Morgan fingerprint density at radius 2 is 1.62 bits per heavy atom. The van der Waals surface area contributed by atoms with Gasteiger partial charge in [0.05, 0.1) is 7.11 Å². The molecule has 4 heteroatoms. The molecule has 0 radical (unpaired) electrons. The summed E-state index contributed by atoms with van der Waals surface area (Å²) in [6.07, 6.45) is 0. The topological polar surface area (TPSA) is 21.3 Å². The van der Waals surface area contributed by atoms with E-state index < -0.39 is 11.6 Å². The van der Waals surface area contributed by atoms with Gasteiger partial charge in [-0.05, 0) is 37.6 Å². The fraction of sp³-hybridized carbons (Fsp3) is 0.294. The van der Waals surface area contributed by atoms with E-state index in [1.165, 1.54) is 6.07 Å². The summed E-state index contributed by atoms with van der Waals surface area (Å²) in [5, 5.41) is 3.27. The maximum absolute atomic E-state index is 13.8. The van der Waals surface area contributed by atoms with Gasteiger partial charge in [-0.3, -0.25) is 0 Å². The molecule has 0 spiro atoms. The highest BCUT2D eigenvalue weighted by molar-refractivity contribution is 5.29. The fourth-order valence-electron chi connectivity index (χ4n) is 2.31. The van der Waals surface area contributed by atoms with E-state index >= 15 is 0 Å². The van der Waals surface area contributed by atoms with Crippen molar-refractivity contribution in [3.63, 3.8) is 0 Å². The predicted molar refractivity (Wildman–Crippen MR) is 79.3 cm³/mol. The number of halogens is 2. The van der Waals surface area contributed by atoms with Crippen molar-refractivity contribution in [3.05, 3.63) is 65.2 Å². The fourth-order valence-corrected chi connectivity index (χ4v) is 2.31. The van der Waals surface area contributed by atoms with Gasteiger partial charge in [-0.2, -0.15) is 0 Å². The monoisotopic (exact) mass is 291 g/mol. The zero-order chi connectivity index (χ0) is 15.4. The first kappa shape index (κ1) is 15.4. The standard InChI is InChI=1S/C17H19F2NO/c1-11(13-7-9-14(21-3)10-8-13)20-12(2)15-5-4-6-16(18)17(15)19/h4-12,20H,1-3H3/t11-,12?/m1/s1. The Bertz CT molecular complexity index is 598. The number of methoxy groups -OCH3 is 1. The lowest BCUT2D eigenvalue weighted by atomic mass is 10.0. The third-order valence-electron chi connectivity index (χ3n) is 3.56. The van der Waals surface area contributed by atoms with E-state index in [0.29, 0.717) is 5.56 Å². The molecule has 2 nitrogen and oxygen atoms in total. The molecule has 0 amide bonds. The lowest BCUT2D eigenvalue weighted by molar-refractivity contribution is 0.414. The Morgan fingerprint density at radius 1 is 0.952 bits per heavy atom. The van der Waals surface area contributed by atoms with Crippen molar-refractivity contribution in [3.8, 4) is 5.75 Å². The first-order chi connectivity index (χ1) is 10.0. The van der Waals surface area contributed by atoms with Crippen molar-refractivity contribution in [2.45, 2.75) is 25.9 Å². The Labute approximate surface area is 123 Å². The van der Waals surface area contributed by atoms with Crippen LogP contribution in [0.15, 0.2) is 42.5 Å². The van der Waals surface area contributed by atoms with Gasteiger partial charge in [0.1, 0.15) is 5.75 Å². The highest BCUT2D eigenvalue weighted by atomic mass is 19.2. The molecular formula is C17H19F2NO. The summed E-state index contributed by atoms with van der Waals surface area (Å²) in [4.78, 5) is 0. The minimum atomic E-state index is -0.821.